The molecule has 0 radical (unpaired) electrons. The average molecular weight is 412 g/mol. The van der Waals surface area contributed by atoms with Crippen molar-refractivity contribution in [3.8, 4) is 11.5 Å². The third kappa shape index (κ3) is 4.44. The van der Waals surface area contributed by atoms with Crippen LogP contribution in [-0.2, 0) is 4.79 Å². The normalized spacial score (nSPS) is 10.8. The molecule has 21 heavy (non-hydrogen) atoms. The summed E-state index contributed by atoms with van der Waals surface area (Å²) in [4.78, 5) is 10.5. The molecule has 108 valence electrons. The first-order valence-corrected chi connectivity index (χ1v) is 7.69. The van der Waals surface area contributed by atoms with Gasteiger partial charge in [-0.15, -0.1) is 0 Å². The van der Waals surface area contributed by atoms with Gasteiger partial charge in [-0.3, -0.25) is 0 Å². The van der Waals surface area contributed by atoms with Crippen molar-refractivity contribution in [1.29, 1.82) is 0 Å². The Kier molecular flexibility index (Phi) is 5.20. The second-order valence-electron chi connectivity index (χ2n) is 4.37. The average Bonchev–Trinajstić information content (AvgIpc) is 2.41. The zero-order chi connectivity index (χ0) is 15.4. The van der Waals surface area contributed by atoms with E-state index in [1.165, 1.54) is 6.08 Å². The topological polar surface area (TPSA) is 46.5 Å². The molecule has 0 unspecified atom stereocenters. The van der Waals surface area contributed by atoms with Gasteiger partial charge >= 0.3 is 5.97 Å². The molecule has 0 atom stereocenters. The molecule has 0 bridgehead atoms. The fourth-order valence-corrected chi connectivity index (χ4v) is 2.69. The van der Waals surface area contributed by atoms with Crippen molar-refractivity contribution in [1.82, 2.24) is 0 Å². The van der Waals surface area contributed by atoms with Crippen LogP contribution < -0.4 is 4.74 Å². The van der Waals surface area contributed by atoms with Crippen LogP contribution in [0.5, 0.6) is 11.5 Å². The largest absolute Gasteiger partial charge is 0.478 e. The number of ether oxygens (including phenoxy) is 1. The van der Waals surface area contributed by atoms with Crippen molar-refractivity contribution in [2.45, 2.75) is 6.92 Å². The minimum absolute atomic E-state index is 0.680. The number of aliphatic carboxylic acids is 1. The number of carboxylic acid groups (broad SMARTS) is 1. The summed E-state index contributed by atoms with van der Waals surface area (Å²) in [5.41, 5.74) is 1.80. The Morgan fingerprint density at radius 1 is 1.19 bits per heavy atom. The van der Waals surface area contributed by atoms with Crippen molar-refractivity contribution < 1.29 is 14.6 Å². The van der Waals surface area contributed by atoms with E-state index in [1.54, 1.807) is 12.1 Å². The van der Waals surface area contributed by atoms with Gasteiger partial charge < -0.3 is 9.84 Å². The first-order chi connectivity index (χ1) is 9.95. The maximum Gasteiger partial charge on any atom is 0.328 e. The van der Waals surface area contributed by atoms with Gasteiger partial charge in [0.15, 0.2) is 0 Å². The van der Waals surface area contributed by atoms with Crippen molar-refractivity contribution in [3.05, 3.63) is 62.5 Å². The highest BCUT2D eigenvalue weighted by Gasteiger charge is 2.05. The van der Waals surface area contributed by atoms with E-state index in [4.69, 9.17) is 9.84 Å². The Bertz CT molecular complexity index is 709. The molecule has 2 aromatic carbocycles. The number of carboxylic acids is 1. The minimum Gasteiger partial charge on any atom is -0.478 e. The minimum atomic E-state index is -0.979. The molecule has 2 aromatic rings. The van der Waals surface area contributed by atoms with E-state index in [-0.39, 0.29) is 0 Å². The lowest BCUT2D eigenvalue weighted by Gasteiger charge is -2.10. The molecule has 0 saturated heterocycles. The summed E-state index contributed by atoms with van der Waals surface area (Å²) in [5.74, 6) is 0.478. The van der Waals surface area contributed by atoms with Gasteiger partial charge in [0.1, 0.15) is 11.5 Å². The summed E-state index contributed by atoms with van der Waals surface area (Å²) in [6, 6.07) is 11.2. The van der Waals surface area contributed by atoms with Gasteiger partial charge in [-0.25, -0.2) is 4.79 Å². The molecule has 0 aromatic heterocycles. The molecule has 3 nitrogen and oxygen atoms in total. The van der Waals surface area contributed by atoms with Crippen molar-refractivity contribution >= 4 is 43.9 Å². The molecule has 0 aliphatic rings. The summed E-state index contributed by atoms with van der Waals surface area (Å²) in [7, 11) is 0. The summed E-state index contributed by atoms with van der Waals surface area (Å²) in [6.07, 6.45) is 2.63. The molecular formula is C16H12Br2O3. The first kappa shape index (κ1) is 15.8. The van der Waals surface area contributed by atoms with E-state index in [2.05, 4.69) is 31.9 Å². The van der Waals surface area contributed by atoms with E-state index in [9.17, 15) is 4.79 Å². The lowest BCUT2D eigenvalue weighted by molar-refractivity contribution is -0.131. The van der Waals surface area contributed by atoms with Gasteiger partial charge in [0.05, 0.1) is 0 Å². The molecule has 0 fully saturated rings. The number of benzene rings is 2. The standard InChI is InChI=1S/C16H12Br2O3/c1-10-8-12(17)4-6-15(10)21-13-5-2-11(14(18)9-13)3-7-16(19)20/h2-9H,1H3,(H,19,20)/b7-3+. The molecule has 0 aliphatic heterocycles. The van der Waals surface area contributed by atoms with E-state index < -0.39 is 5.97 Å². The Morgan fingerprint density at radius 3 is 2.57 bits per heavy atom. The third-order valence-corrected chi connectivity index (χ3v) is 3.92. The number of aryl methyl sites for hydroxylation is 1. The van der Waals surface area contributed by atoms with Gasteiger partial charge in [0.25, 0.3) is 0 Å². The van der Waals surface area contributed by atoms with E-state index in [1.807, 2.05) is 31.2 Å². The van der Waals surface area contributed by atoms with E-state index >= 15 is 0 Å². The Hall–Kier alpha value is -1.59. The lowest BCUT2D eigenvalue weighted by Crippen LogP contribution is -1.89. The van der Waals surface area contributed by atoms with Crippen LogP contribution in [0.15, 0.2) is 51.4 Å². The van der Waals surface area contributed by atoms with Crippen LogP contribution in [0.1, 0.15) is 11.1 Å². The fraction of sp³-hybridized carbons (Fsp3) is 0.0625. The van der Waals surface area contributed by atoms with Crippen molar-refractivity contribution in [3.63, 3.8) is 0 Å². The lowest BCUT2D eigenvalue weighted by atomic mass is 10.2. The maximum absolute atomic E-state index is 10.5. The van der Waals surface area contributed by atoms with Crippen LogP contribution in [0, 0.1) is 6.92 Å². The van der Waals surface area contributed by atoms with Crippen molar-refractivity contribution in [2.75, 3.05) is 0 Å². The SMILES string of the molecule is Cc1cc(Br)ccc1Oc1ccc(/C=C/C(=O)O)c(Br)c1. The number of carbonyl (C=O) groups is 1. The smallest absolute Gasteiger partial charge is 0.328 e. The summed E-state index contributed by atoms with van der Waals surface area (Å²) >= 11 is 6.82. The monoisotopic (exact) mass is 410 g/mol. The van der Waals surface area contributed by atoms with Gasteiger partial charge in [-0.05, 0) is 54.5 Å². The van der Waals surface area contributed by atoms with Crippen LogP contribution in [-0.4, -0.2) is 11.1 Å². The highest BCUT2D eigenvalue weighted by molar-refractivity contribution is 9.10. The van der Waals surface area contributed by atoms with Gasteiger partial charge in [0, 0.05) is 15.0 Å². The molecule has 2 rings (SSSR count). The zero-order valence-corrected chi connectivity index (χ0v) is 14.3. The molecule has 5 heteroatoms. The highest BCUT2D eigenvalue weighted by atomic mass is 79.9. The van der Waals surface area contributed by atoms with Crippen molar-refractivity contribution in [2.24, 2.45) is 0 Å². The molecule has 0 amide bonds. The Morgan fingerprint density at radius 2 is 1.95 bits per heavy atom. The molecular weight excluding hydrogens is 400 g/mol. The maximum atomic E-state index is 10.5. The van der Waals surface area contributed by atoms with Gasteiger partial charge in [-0.1, -0.05) is 37.9 Å². The highest BCUT2D eigenvalue weighted by Crippen LogP contribution is 2.30. The first-order valence-electron chi connectivity index (χ1n) is 6.10. The second-order valence-corrected chi connectivity index (χ2v) is 6.14. The van der Waals surface area contributed by atoms with Crippen LogP contribution >= 0.6 is 31.9 Å². The molecule has 0 saturated carbocycles. The second kappa shape index (κ2) is 6.91. The molecule has 1 N–H and O–H groups in total. The number of hydrogen-bond acceptors (Lipinski definition) is 2. The van der Waals surface area contributed by atoms with Crippen LogP contribution in [0.2, 0.25) is 0 Å². The molecule has 0 heterocycles. The molecule has 0 aliphatic carbocycles. The van der Waals surface area contributed by atoms with Crippen LogP contribution in [0.3, 0.4) is 0 Å². The van der Waals surface area contributed by atoms with Crippen LogP contribution in [0.25, 0.3) is 6.08 Å². The predicted molar refractivity (Wildman–Crippen MR) is 89.8 cm³/mol. The summed E-state index contributed by atoms with van der Waals surface area (Å²) < 4.78 is 7.61. The van der Waals surface area contributed by atoms with Gasteiger partial charge in [0.2, 0.25) is 0 Å². The molecule has 0 spiro atoms. The quantitative estimate of drug-likeness (QED) is 0.684. The Labute approximate surface area is 139 Å². The van der Waals surface area contributed by atoms with Gasteiger partial charge in [-0.2, -0.15) is 0 Å². The Balaban J connectivity index is 2.22. The fourth-order valence-electron chi connectivity index (χ4n) is 1.72. The zero-order valence-electron chi connectivity index (χ0n) is 11.1. The van der Waals surface area contributed by atoms with E-state index in [0.29, 0.717) is 5.75 Å². The summed E-state index contributed by atoms with van der Waals surface area (Å²) in [6.45, 7) is 1.97. The summed E-state index contributed by atoms with van der Waals surface area (Å²) in [5, 5.41) is 8.64. The van der Waals surface area contributed by atoms with E-state index in [0.717, 1.165) is 31.9 Å². The number of rotatable bonds is 4. The van der Waals surface area contributed by atoms with Crippen LogP contribution in [0.4, 0.5) is 0 Å². The predicted octanol–water partition coefficient (Wildman–Crippen LogP) is 5.41. The number of hydrogen-bond donors (Lipinski definition) is 1. The third-order valence-electron chi connectivity index (χ3n) is 2.74. The number of halogens is 2.